The summed E-state index contributed by atoms with van der Waals surface area (Å²) in [5.74, 6) is -2.41. The van der Waals surface area contributed by atoms with E-state index in [1.807, 2.05) is 0 Å². The molecule has 4 rings (SSSR count). The van der Waals surface area contributed by atoms with Crippen LogP contribution in [-0.4, -0.2) is 70.1 Å². The second-order valence-corrected chi connectivity index (χ2v) is 11.9. The number of amides is 2. The maximum atomic E-state index is 14.6. The third kappa shape index (κ3) is 8.58. The molecule has 0 aromatic heterocycles. The van der Waals surface area contributed by atoms with Crippen LogP contribution >= 0.6 is 15.9 Å². The van der Waals surface area contributed by atoms with Gasteiger partial charge in [0.2, 0.25) is 0 Å². The predicted molar refractivity (Wildman–Crippen MR) is 156 cm³/mol. The zero-order valence-electron chi connectivity index (χ0n) is 22.9. The molecule has 0 N–H and O–H groups in total. The highest BCUT2D eigenvalue weighted by molar-refractivity contribution is 9.08. The van der Waals surface area contributed by atoms with E-state index in [0.29, 0.717) is 16.6 Å². The van der Waals surface area contributed by atoms with Crippen LogP contribution < -0.4 is 4.90 Å². The van der Waals surface area contributed by atoms with E-state index in [1.54, 1.807) is 36.4 Å². The number of esters is 2. The van der Waals surface area contributed by atoms with Crippen LogP contribution in [-0.2, 0) is 31.2 Å². The Bertz CT molecular complexity index is 1520. The van der Waals surface area contributed by atoms with Gasteiger partial charge in [0.05, 0.1) is 43.4 Å². The Hall–Kier alpha value is -3.84. The first-order valence-corrected chi connectivity index (χ1v) is 15.5. The Kier molecular flexibility index (Phi) is 11.6. The Morgan fingerprint density at radius 2 is 1.33 bits per heavy atom. The summed E-state index contributed by atoms with van der Waals surface area (Å²) in [5, 5.41) is 0.431. The summed E-state index contributed by atoms with van der Waals surface area (Å²) in [7, 11) is -0.663. The molecule has 1 aliphatic heterocycles. The van der Waals surface area contributed by atoms with Gasteiger partial charge >= 0.3 is 18.0 Å². The van der Waals surface area contributed by atoms with E-state index >= 15 is 0 Å². The zero-order chi connectivity index (χ0) is 30.9. The highest BCUT2D eigenvalue weighted by Crippen LogP contribution is 2.22. The molecule has 1 aliphatic rings. The average Bonchev–Trinajstić information content (AvgIpc) is 3.00. The molecule has 3 aromatic rings. The summed E-state index contributed by atoms with van der Waals surface area (Å²) in [6, 6.07) is 16.6. The number of benzene rings is 3. The number of nitrogens with zero attached hydrogens (tertiary/aromatic N) is 2. The van der Waals surface area contributed by atoms with E-state index in [4.69, 9.17) is 0 Å². The van der Waals surface area contributed by atoms with Crippen molar-refractivity contribution in [3.63, 3.8) is 0 Å². The molecule has 9 nitrogen and oxygen atoms in total. The van der Waals surface area contributed by atoms with Crippen LogP contribution in [0.4, 0.5) is 19.3 Å². The van der Waals surface area contributed by atoms with Gasteiger partial charge in [0.15, 0.2) is 9.84 Å². The molecule has 1 saturated heterocycles. The molecule has 0 atom stereocenters. The van der Waals surface area contributed by atoms with Gasteiger partial charge in [-0.25, -0.2) is 31.6 Å². The first-order chi connectivity index (χ1) is 20.0. The number of hydrogen-bond donors (Lipinski definition) is 0. The smallest absolute Gasteiger partial charge is 0.337 e. The minimum atomic E-state index is -3.14. The molecule has 0 radical (unpaired) electrons. The van der Waals surface area contributed by atoms with Crippen LogP contribution in [0.2, 0.25) is 0 Å². The topological polar surface area (TPSA) is 110 Å². The molecular formula is C29H29BrF2N2O7S. The minimum absolute atomic E-state index is 0.0701. The fourth-order valence-corrected chi connectivity index (χ4v) is 5.60. The second kappa shape index (κ2) is 14.9. The van der Waals surface area contributed by atoms with Crippen LogP contribution in [0.25, 0.3) is 0 Å². The monoisotopic (exact) mass is 666 g/mol. The Morgan fingerprint density at radius 1 is 0.833 bits per heavy atom. The van der Waals surface area contributed by atoms with Crippen molar-refractivity contribution in [1.29, 1.82) is 0 Å². The Labute approximate surface area is 251 Å². The third-order valence-corrected chi connectivity index (χ3v) is 8.55. The zero-order valence-corrected chi connectivity index (χ0v) is 25.3. The van der Waals surface area contributed by atoms with E-state index in [1.165, 1.54) is 48.3 Å². The van der Waals surface area contributed by atoms with Gasteiger partial charge in [-0.15, -0.1) is 0 Å². The molecule has 0 unspecified atom stereocenters. The highest BCUT2D eigenvalue weighted by atomic mass is 79.9. The van der Waals surface area contributed by atoms with Gasteiger partial charge in [-0.3, -0.25) is 4.90 Å². The van der Waals surface area contributed by atoms with Gasteiger partial charge in [-0.05, 0) is 42.0 Å². The molecule has 0 aliphatic carbocycles. The number of alkyl halides is 1. The molecule has 2 amide bonds. The van der Waals surface area contributed by atoms with Gasteiger partial charge in [0.1, 0.15) is 11.6 Å². The van der Waals surface area contributed by atoms with Crippen LogP contribution in [0.5, 0.6) is 0 Å². The number of carbonyl (C=O) groups excluding carboxylic acids is 3. The van der Waals surface area contributed by atoms with E-state index < -0.39 is 39.4 Å². The molecule has 13 heteroatoms. The SMILES string of the molecule is COC(=O)c1ccc(CBr)c(F)c1.COC(=O)c1ccc(CN(C(=O)N2CCS(=O)(=O)CC2)c2ccccc2)c(F)c1. The van der Waals surface area contributed by atoms with Gasteiger partial charge in [0, 0.05) is 29.7 Å². The summed E-state index contributed by atoms with van der Waals surface area (Å²) >= 11 is 3.13. The van der Waals surface area contributed by atoms with Crippen molar-refractivity contribution in [1.82, 2.24) is 4.90 Å². The van der Waals surface area contributed by atoms with Crippen molar-refractivity contribution in [2.24, 2.45) is 0 Å². The maximum absolute atomic E-state index is 14.6. The van der Waals surface area contributed by atoms with Gasteiger partial charge in [0.25, 0.3) is 0 Å². The molecule has 42 heavy (non-hydrogen) atoms. The maximum Gasteiger partial charge on any atom is 0.337 e. The number of sulfone groups is 1. The van der Waals surface area contributed by atoms with Gasteiger partial charge in [-0.1, -0.05) is 46.3 Å². The quantitative estimate of drug-likeness (QED) is 0.270. The van der Waals surface area contributed by atoms with Crippen LogP contribution in [0.1, 0.15) is 31.8 Å². The molecule has 0 saturated carbocycles. The van der Waals surface area contributed by atoms with Crippen LogP contribution in [0.3, 0.4) is 0 Å². The largest absolute Gasteiger partial charge is 0.465 e. The number of hydrogen-bond acceptors (Lipinski definition) is 7. The molecule has 0 bridgehead atoms. The van der Waals surface area contributed by atoms with E-state index in [9.17, 15) is 31.6 Å². The number of halogens is 3. The summed E-state index contributed by atoms with van der Waals surface area (Å²) in [5.41, 5.74) is 1.60. The lowest BCUT2D eigenvalue weighted by Crippen LogP contribution is -2.49. The van der Waals surface area contributed by atoms with E-state index in [2.05, 4.69) is 25.4 Å². The highest BCUT2D eigenvalue weighted by Gasteiger charge is 2.29. The lowest BCUT2D eigenvalue weighted by molar-refractivity contribution is 0.0591. The second-order valence-electron chi connectivity index (χ2n) is 9.07. The molecular weight excluding hydrogens is 638 g/mol. The molecule has 224 valence electrons. The summed E-state index contributed by atoms with van der Waals surface area (Å²) < 4.78 is 60.1. The van der Waals surface area contributed by atoms with E-state index in [0.717, 1.165) is 6.07 Å². The number of carbonyl (C=O) groups is 3. The fraction of sp³-hybridized carbons (Fsp3) is 0.276. The van der Waals surface area contributed by atoms with Crippen molar-refractivity contribution in [3.05, 3.63) is 101 Å². The summed E-state index contributed by atoms with van der Waals surface area (Å²) in [6.45, 7) is 0.113. The number of rotatable bonds is 6. The van der Waals surface area contributed by atoms with Crippen molar-refractivity contribution in [2.75, 3.05) is 43.7 Å². The van der Waals surface area contributed by atoms with Gasteiger partial charge < -0.3 is 14.4 Å². The average molecular weight is 668 g/mol. The van der Waals surface area contributed by atoms with Crippen molar-refractivity contribution in [2.45, 2.75) is 11.9 Å². The number of anilines is 1. The standard InChI is InChI=1S/C20H21FN2O5S.C9H8BrFO2/c1-28-19(24)15-7-8-16(18(21)13-15)14-23(17-5-3-2-4-6-17)20(25)22-9-11-29(26,27)12-10-22;1-13-9(12)6-2-3-7(5-10)8(11)4-6/h2-8,13H,9-12,14H2,1H3;2-4H,5H2,1H3. The Balaban J connectivity index is 0.000000312. The first-order valence-electron chi connectivity index (χ1n) is 12.6. The number of para-hydroxylation sites is 1. The fourth-order valence-electron chi connectivity index (χ4n) is 3.94. The molecule has 1 fully saturated rings. The van der Waals surface area contributed by atoms with Crippen molar-refractivity contribution < 1.29 is 41.1 Å². The van der Waals surface area contributed by atoms with Crippen molar-refractivity contribution >= 4 is 49.4 Å². The van der Waals surface area contributed by atoms with Gasteiger partial charge in [-0.2, -0.15) is 0 Å². The molecule has 0 spiro atoms. The number of ether oxygens (including phenoxy) is 2. The van der Waals surface area contributed by atoms with Crippen molar-refractivity contribution in [3.8, 4) is 0 Å². The summed E-state index contributed by atoms with van der Waals surface area (Å²) in [4.78, 5) is 38.5. The predicted octanol–water partition coefficient (Wildman–Crippen LogP) is 4.98. The van der Waals surface area contributed by atoms with E-state index in [-0.39, 0.29) is 47.8 Å². The normalized spacial score (nSPS) is 13.8. The lowest BCUT2D eigenvalue weighted by atomic mass is 10.1. The lowest BCUT2D eigenvalue weighted by Gasteiger charge is -2.33. The molecule has 3 aromatic carbocycles. The van der Waals surface area contributed by atoms with Crippen LogP contribution in [0.15, 0.2) is 66.7 Å². The third-order valence-electron chi connectivity index (χ3n) is 6.33. The van der Waals surface area contributed by atoms with Crippen LogP contribution in [0, 0.1) is 11.6 Å². The molecule has 1 heterocycles. The number of urea groups is 1. The summed E-state index contributed by atoms with van der Waals surface area (Å²) in [6.07, 6.45) is 0. The Morgan fingerprint density at radius 3 is 1.79 bits per heavy atom. The first kappa shape index (κ1) is 32.7. The minimum Gasteiger partial charge on any atom is -0.465 e. The number of methoxy groups -OCH3 is 2.